The molecular formula is C33H42Cl2N6O3. The molecule has 2 unspecified atom stereocenters. The van der Waals surface area contributed by atoms with Crippen LogP contribution in [-0.2, 0) is 35.5 Å². The highest BCUT2D eigenvalue weighted by Gasteiger charge is 2.28. The molecule has 2 saturated heterocycles. The maximum atomic E-state index is 12.2. The van der Waals surface area contributed by atoms with E-state index in [9.17, 15) is 4.79 Å². The molecule has 0 bridgehead atoms. The molecule has 3 aliphatic rings. The Morgan fingerprint density at radius 2 is 1.93 bits per heavy atom. The molecule has 0 saturated carbocycles. The minimum Gasteiger partial charge on any atom is -0.379 e. The molecule has 2 amide bonds. The van der Waals surface area contributed by atoms with Gasteiger partial charge in [0.1, 0.15) is 0 Å². The number of carbonyl (C=O) groups is 1. The van der Waals surface area contributed by atoms with Crippen molar-refractivity contribution in [2.45, 2.75) is 64.4 Å². The summed E-state index contributed by atoms with van der Waals surface area (Å²) in [5.41, 5.74) is 12.7. The number of urea groups is 1. The SMILES string of the molecule is CC1COCCN1CCCn1nc(-c2ccc(Cl)c(-c3ccc(Cl)c(CNCC4CCCO4)c3)c2)c2c1CCN(C(N)=O)C2. The first kappa shape index (κ1) is 31.3. The second kappa shape index (κ2) is 14.2. The van der Waals surface area contributed by atoms with Crippen molar-refractivity contribution >= 4 is 29.2 Å². The van der Waals surface area contributed by atoms with Crippen LogP contribution in [0, 0.1) is 0 Å². The normalized spacial score (nSPS) is 20.7. The van der Waals surface area contributed by atoms with Crippen LogP contribution in [0.15, 0.2) is 36.4 Å². The van der Waals surface area contributed by atoms with Gasteiger partial charge in [-0.3, -0.25) is 9.58 Å². The Bertz CT molecular complexity index is 1470. The minimum atomic E-state index is -0.408. The quantitative estimate of drug-likeness (QED) is 0.310. The number of hydrogen-bond acceptors (Lipinski definition) is 6. The molecule has 6 rings (SSSR count). The molecule has 3 N–H and O–H groups in total. The van der Waals surface area contributed by atoms with Gasteiger partial charge >= 0.3 is 6.03 Å². The van der Waals surface area contributed by atoms with Crippen LogP contribution in [0.5, 0.6) is 0 Å². The van der Waals surface area contributed by atoms with E-state index in [2.05, 4.69) is 34.0 Å². The first-order valence-corrected chi connectivity index (χ1v) is 16.5. The number of hydrogen-bond donors (Lipinski definition) is 2. The number of nitrogens with two attached hydrogens (primary N) is 1. The van der Waals surface area contributed by atoms with Gasteiger partial charge in [0.2, 0.25) is 0 Å². The van der Waals surface area contributed by atoms with Gasteiger partial charge in [-0.05, 0) is 61.6 Å². The molecule has 1 aromatic heterocycles. The predicted octanol–water partition coefficient (Wildman–Crippen LogP) is 5.34. The summed E-state index contributed by atoms with van der Waals surface area (Å²) in [5, 5.41) is 10.0. The third kappa shape index (κ3) is 7.09. The summed E-state index contributed by atoms with van der Waals surface area (Å²) in [6.45, 7) is 9.88. The van der Waals surface area contributed by atoms with Gasteiger partial charge in [-0.1, -0.05) is 35.3 Å². The van der Waals surface area contributed by atoms with Gasteiger partial charge in [-0.25, -0.2) is 4.79 Å². The summed E-state index contributed by atoms with van der Waals surface area (Å²) in [6.07, 6.45) is 4.18. The Labute approximate surface area is 269 Å². The summed E-state index contributed by atoms with van der Waals surface area (Å²) >= 11 is 13.4. The predicted molar refractivity (Wildman–Crippen MR) is 174 cm³/mol. The van der Waals surface area contributed by atoms with Crippen molar-refractivity contribution in [3.8, 4) is 22.4 Å². The van der Waals surface area contributed by atoms with Crippen LogP contribution in [-0.4, -0.2) is 83.8 Å². The van der Waals surface area contributed by atoms with Crippen molar-refractivity contribution in [2.24, 2.45) is 5.73 Å². The van der Waals surface area contributed by atoms with Crippen molar-refractivity contribution in [3.05, 3.63) is 63.3 Å². The summed E-state index contributed by atoms with van der Waals surface area (Å²) in [7, 11) is 0. The van der Waals surface area contributed by atoms with Crippen LogP contribution in [0.1, 0.15) is 43.0 Å². The number of benzene rings is 2. The molecule has 2 fully saturated rings. The van der Waals surface area contributed by atoms with Crippen LogP contribution in [0.3, 0.4) is 0 Å². The number of primary amides is 1. The van der Waals surface area contributed by atoms with Crippen LogP contribution in [0.25, 0.3) is 22.4 Å². The van der Waals surface area contributed by atoms with Gasteiger partial charge in [0.25, 0.3) is 0 Å². The van der Waals surface area contributed by atoms with Crippen molar-refractivity contribution in [3.63, 3.8) is 0 Å². The van der Waals surface area contributed by atoms with Crippen molar-refractivity contribution in [1.82, 2.24) is 24.9 Å². The lowest BCUT2D eigenvalue weighted by atomic mass is 9.96. The molecule has 0 aliphatic carbocycles. The van der Waals surface area contributed by atoms with E-state index in [1.807, 2.05) is 24.3 Å². The molecule has 11 heteroatoms. The van der Waals surface area contributed by atoms with E-state index < -0.39 is 6.03 Å². The van der Waals surface area contributed by atoms with E-state index in [4.69, 9.17) is 43.5 Å². The molecule has 9 nitrogen and oxygen atoms in total. The zero-order valence-electron chi connectivity index (χ0n) is 25.4. The van der Waals surface area contributed by atoms with Gasteiger partial charge in [-0.2, -0.15) is 5.10 Å². The number of aryl methyl sites for hydroxylation is 1. The fourth-order valence-corrected chi connectivity index (χ4v) is 6.97. The Hall–Kier alpha value is -2.66. The number of nitrogens with one attached hydrogen (secondary N) is 1. The van der Waals surface area contributed by atoms with E-state index in [-0.39, 0.29) is 6.10 Å². The maximum Gasteiger partial charge on any atom is 0.315 e. The van der Waals surface area contributed by atoms with Crippen LogP contribution >= 0.6 is 23.2 Å². The average Bonchev–Trinajstić information content (AvgIpc) is 3.67. The number of nitrogens with zero attached hydrogens (tertiary/aromatic N) is 4. The van der Waals surface area contributed by atoms with E-state index in [1.54, 1.807) is 4.90 Å². The van der Waals surface area contributed by atoms with Crippen LogP contribution < -0.4 is 11.1 Å². The molecule has 3 aliphatic heterocycles. The van der Waals surface area contributed by atoms with Gasteiger partial charge in [-0.15, -0.1) is 0 Å². The monoisotopic (exact) mass is 640 g/mol. The van der Waals surface area contributed by atoms with Crippen molar-refractivity contribution in [1.29, 1.82) is 0 Å². The smallest absolute Gasteiger partial charge is 0.315 e. The topological polar surface area (TPSA) is 97.9 Å². The number of halogens is 2. The summed E-state index contributed by atoms with van der Waals surface area (Å²) in [4.78, 5) is 16.3. The number of rotatable bonds is 10. The molecule has 236 valence electrons. The number of ether oxygens (including phenoxy) is 2. The van der Waals surface area contributed by atoms with Gasteiger partial charge in [0.05, 0.1) is 31.6 Å². The van der Waals surface area contributed by atoms with E-state index in [0.717, 1.165) is 105 Å². The standard InChI is InChI=1S/C33H42Cl2N6O3/c1-22-21-43-15-13-39(22)10-3-11-41-31-9-12-40(33(36)42)20-28(31)32(38-41)24-6-8-30(35)27(17-24)23-5-7-29(34)25(16-23)18-37-19-26-4-2-14-44-26/h5-8,16-17,22,26,37H,2-4,9-15,18-21H2,1H3,(H2,36,42). The third-order valence-corrected chi connectivity index (χ3v) is 9.77. The Kier molecular flexibility index (Phi) is 10.1. The molecule has 2 atom stereocenters. The van der Waals surface area contributed by atoms with Crippen molar-refractivity contribution in [2.75, 3.05) is 46.0 Å². The molecule has 0 radical (unpaired) electrons. The van der Waals surface area contributed by atoms with Gasteiger partial charge in [0, 0.05) is 90.8 Å². The largest absolute Gasteiger partial charge is 0.379 e. The second-order valence-electron chi connectivity index (χ2n) is 12.1. The summed E-state index contributed by atoms with van der Waals surface area (Å²) < 4.78 is 13.5. The fraction of sp³-hybridized carbons (Fsp3) is 0.515. The molecule has 2 aromatic carbocycles. The van der Waals surface area contributed by atoms with Gasteiger partial charge in [0.15, 0.2) is 0 Å². The lowest BCUT2D eigenvalue weighted by Crippen LogP contribution is -2.44. The Morgan fingerprint density at radius 3 is 2.73 bits per heavy atom. The van der Waals surface area contributed by atoms with Crippen LogP contribution in [0.4, 0.5) is 4.79 Å². The zero-order chi connectivity index (χ0) is 30.6. The lowest BCUT2D eigenvalue weighted by Gasteiger charge is -2.33. The highest BCUT2D eigenvalue weighted by molar-refractivity contribution is 6.33. The lowest BCUT2D eigenvalue weighted by molar-refractivity contribution is -0.00122. The second-order valence-corrected chi connectivity index (χ2v) is 12.9. The van der Waals surface area contributed by atoms with Gasteiger partial charge < -0.3 is 25.4 Å². The van der Waals surface area contributed by atoms with E-state index in [1.165, 1.54) is 5.69 Å². The third-order valence-electron chi connectivity index (χ3n) is 9.07. The maximum absolute atomic E-state index is 12.2. The molecule has 44 heavy (non-hydrogen) atoms. The Balaban J connectivity index is 1.25. The molecule has 4 heterocycles. The Morgan fingerprint density at radius 1 is 1.09 bits per heavy atom. The highest BCUT2D eigenvalue weighted by atomic mass is 35.5. The number of amides is 2. The summed E-state index contributed by atoms with van der Waals surface area (Å²) in [5.74, 6) is 0. The minimum absolute atomic E-state index is 0.266. The van der Waals surface area contributed by atoms with Crippen molar-refractivity contribution < 1.29 is 14.3 Å². The molecule has 0 spiro atoms. The molecular weight excluding hydrogens is 599 g/mol. The zero-order valence-corrected chi connectivity index (χ0v) is 26.9. The van der Waals surface area contributed by atoms with E-state index >= 15 is 0 Å². The number of aromatic nitrogens is 2. The van der Waals surface area contributed by atoms with E-state index in [0.29, 0.717) is 35.7 Å². The first-order chi connectivity index (χ1) is 21.4. The number of fused-ring (bicyclic) bond motifs is 1. The highest BCUT2D eigenvalue weighted by Crippen LogP contribution is 2.37. The average molecular weight is 642 g/mol. The molecule has 3 aromatic rings. The first-order valence-electron chi connectivity index (χ1n) is 15.7. The fourth-order valence-electron chi connectivity index (χ4n) is 6.56. The number of morpholine rings is 1. The summed E-state index contributed by atoms with van der Waals surface area (Å²) in [6, 6.07) is 12.1. The number of carbonyl (C=O) groups excluding carboxylic acids is 1. The van der Waals surface area contributed by atoms with Crippen LogP contribution in [0.2, 0.25) is 10.0 Å².